The Bertz CT molecular complexity index is 1550. The number of nitro benzene ring substituents is 1. The molecule has 3 N–H and O–H groups in total. The van der Waals surface area contributed by atoms with E-state index >= 15 is 0 Å². The molecule has 0 spiro atoms. The molecule has 0 saturated carbocycles. The molecule has 1 aromatic heterocycles. The molecule has 230 valence electrons. The number of rotatable bonds is 13. The molecular formula is C28H33N5O10. The molecule has 15 nitrogen and oxygen atoms in total. The van der Waals surface area contributed by atoms with Gasteiger partial charge < -0.3 is 25.2 Å². The van der Waals surface area contributed by atoms with Crippen LogP contribution in [0.5, 0.6) is 5.75 Å². The van der Waals surface area contributed by atoms with Crippen LogP contribution in [0.3, 0.4) is 0 Å². The fraction of sp³-hybridized carbons (Fsp3) is 0.321. The van der Waals surface area contributed by atoms with Gasteiger partial charge in [-0.05, 0) is 25.1 Å². The topological polar surface area (TPSA) is 203 Å². The fourth-order valence-corrected chi connectivity index (χ4v) is 3.82. The van der Waals surface area contributed by atoms with Crippen LogP contribution in [0, 0.1) is 10.1 Å². The number of hydrogen-bond donors (Lipinski definition) is 3. The highest BCUT2D eigenvalue weighted by molar-refractivity contribution is 6.27. The van der Waals surface area contributed by atoms with Gasteiger partial charge in [0.15, 0.2) is 11.5 Å². The molecule has 0 saturated heterocycles. The highest BCUT2D eigenvalue weighted by Gasteiger charge is 2.19. The Morgan fingerprint density at radius 1 is 0.953 bits per heavy atom. The minimum absolute atomic E-state index is 0.117. The summed E-state index contributed by atoms with van der Waals surface area (Å²) in [5.41, 5.74) is -0.342. The van der Waals surface area contributed by atoms with E-state index in [0.29, 0.717) is 37.4 Å². The Labute approximate surface area is 245 Å². The predicted molar refractivity (Wildman–Crippen MR) is 156 cm³/mol. The number of nitrogens with one attached hydrogen (secondary N) is 1. The molecule has 0 aliphatic heterocycles. The molecule has 3 aromatic rings. The van der Waals surface area contributed by atoms with Gasteiger partial charge in [0.1, 0.15) is 5.82 Å². The standard InChI is InChI=1S/C26H31N5O6.C2H2O4/c1-4-30(15-13-27-23-18-24(32)29(3)26(34)28(23)2)14-8-16-37-22-12-11-20(17-21(22)31(35)36)25(33)19-9-6-5-7-10-19;3-1(4)2(5)6/h5-7,9-12,17-18,27H,4,8,13-16H2,1-3H3;(H,3,4)(H,5,6). The van der Waals surface area contributed by atoms with Crippen molar-refractivity contribution in [1.82, 2.24) is 14.0 Å². The van der Waals surface area contributed by atoms with Gasteiger partial charge in [0.25, 0.3) is 5.56 Å². The molecule has 1 heterocycles. The van der Waals surface area contributed by atoms with Gasteiger partial charge in [-0.15, -0.1) is 0 Å². The van der Waals surface area contributed by atoms with Crippen LogP contribution in [-0.2, 0) is 23.7 Å². The van der Waals surface area contributed by atoms with Crippen molar-refractivity contribution in [3.05, 3.63) is 96.7 Å². The van der Waals surface area contributed by atoms with Crippen LogP contribution in [0.25, 0.3) is 0 Å². The molecule has 0 radical (unpaired) electrons. The Kier molecular flexibility index (Phi) is 12.8. The molecule has 43 heavy (non-hydrogen) atoms. The van der Waals surface area contributed by atoms with Gasteiger partial charge in [0, 0.05) is 57.0 Å². The van der Waals surface area contributed by atoms with Crippen LogP contribution < -0.4 is 21.3 Å². The van der Waals surface area contributed by atoms with E-state index in [2.05, 4.69) is 10.2 Å². The average Bonchev–Trinajstić information content (AvgIpc) is 2.99. The van der Waals surface area contributed by atoms with Crippen molar-refractivity contribution in [2.75, 3.05) is 38.1 Å². The lowest BCUT2D eigenvalue weighted by atomic mass is 10.0. The lowest BCUT2D eigenvalue weighted by Gasteiger charge is -2.21. The van der Waals surface area contributed by atoms with Crippen molar-refractivity contribution in [3.8, 4) is 5.75 Å². The molecular weight excluding hydrogens is 566 g/mol. The van der Waals surface area contributed by atoms with Crippen molar-refractivity contribution in [3.63, 3.8) is 0 Å². The number of nitro groups is 1. The van der Waals surface area contributed by atoms with Crippen molar-refractivity contribution in [2.45, 2.75) is 13.3 Å². The third-order valence-corrected chi connectivity index (χ3v) is 6.22. The summed E-state index contributed by atoms with van der Waals surface area (Å²) < 4.78 is 8.12. The summed E-state index contributed by atoms with van der Waals surface area (Å²) in [5.74, 6) is -3.37. The van der Waals surface area contributed by atoms with Crippen LogP contribution in [0.15, 0.2) is 64.2 Å². The minimum atomic E-state index is -1.82. The monoisotopic (exact) mass is 599 g/mol. The fourth-order valence-electron chi connectivity index (χ4n) is 3.82. The number of likely N-dealkylation sites (N-methyl/N-ethyl adjacent to an activating group) is 1. The zero-order valence-electron chi connectivity index (χ0n) is 23.9. The van der Waals surface area contributed by atoms with E-state index in [1.165, 1.54) is 35.9 Å². The molecule has 0 bridgehead atoms. The number of nitrogens with zero attached hydrogens (tertiary/aromatic N) is 4. The average molecular weight is 600 g/mol. The quantitative estimate of drug-likeness (QED) is 0.0842. The summed E-state index contributed by atoms with van der Waals surface area (Å²) in [7, 11) is 3.03. The van der Waals surface area contributed by atoms with Gasteiger partial charge in [-0.25, -0.2) is 14.4 Å². The molecule has 0 aliphatic carbocycles. The largest absolute Gasteiger partial charge is 0.487 e. The summed E-state index contributed by atoms with van der Waals surface area (Å²) in [5, 5.41) is 29.5. The van der Waals surface area contributed by atoms with Crippen molar-refractivity contribution < 1.29 is 34.3 Å². The second-order valence-electron chi connectivity index (χ2n) is 9.08. The highest BCUT2D eigenvalue weighted by Crippen LogP contribution is 2.29. The molecule has 0 atom stereocenters. The summed E-state index contributed by atoms with van der Waals surface area (Å²) in [6.07, 6.45) is 0.625. The number of aromatic nitrogens is 2. The number of carboxylic acid groups (broad SMARTS) is 2. The van der Waals surface area contributed by atoms with E-state index in [-0.39, 0.29) is 34.9 Å². The number of carbonyl (C=O) groups is 3. The van der Waals surface area contributed by atoms with Gasteiger partial charge in [0.05, 0.1) is 11.5 Å². The predicted octanol–water partition coefficient (Wildman–Crippen LogP) is 1.58. The summed E-state index contributed by atoms with van der Waals surface area (Å²) >= 11 is 0. The normalized spacial score (nSPS) is 10.4. The summed E-state index contributed by atoms with van der Waals surface area (Å²) in [6, 6.07) is 14.2. The van der Waals surface area contributed by atoms with Crippen LogP contribution in [0.1, 0.15) is 29.3 Å². The third kappa shape index (κ3) is 9.93. The maximum Gasteiger partial charge on any atom is 0.414 e. The van der Waals surface area contributed by atoms with Crippen LogP contribution in [-0.4, -0.2) is 79.7 Å². The number of aliphatic carboxylic acids is 2. The molecule has 3 rings (SSSR count). The number of ether oxygens (including phenoxy) is 1. The van der Waals surface area contributed by atoms with Crippen molar-refractivity contribution in [1.29, 1.82) is 0 Å². The second kappa shape index (κ2) is 16.2. The van der Waals surface area contributed by atoms with Crippen LogP contribution >= 0.6 is 0 Å². The van der Waals surface area contributed by atoms with Crippen molar-refractivity contribution in [2.24, 2.45) is 14.1 Å². The first-order valence-corrected chi connectivity index (χ1v) is 13.1. The number of anilines is 1. The van der Waals surface area contributed by atoms with E-state index in [1.807, 2.05) is 6.92 Å². The van der Waals surface area contributed by atoms with E-state index in [9.17, 15) is 24.5 Å². The number of carbonyl (C=O) groups excluding carboxylic acids is 1. The first-order valence-electron chi connectivity index (χ1n) is 13.1. The van der Waals surface area contributed by atoms with Gasteiger partial charge in [0.2, 0.25) is 0 Å². The maximum absolute atomic E-state index is 12.6. The van der Waals surface area contributed by atoms with E-state index < -0.39 is 22.6 Å². The number of ketones is 1. The number of benzene rings is 2. The van der Waals surface area contributed by atoms with Crippen LogP contribution in [0.4, 0.5) is 11.5 Å². The molecule has 0 aliphatic rings. The smallest absolute Gasteiger partial charge is 0.414 e. The maximum atomic E-state index is 12.6. The zero-order valence-corrected chi connectivity index (χ0v) is 23.9. The van der Waals surface area contributed by atoms with Gasteiger partial charge >= 0.3 is 23.3 Å². The zero-order chi connectivity index (χ0) is 32.1. The number of hydrogen-bond acceptors (Lipinski definition) is 10. The Balaban J connectivity index is 0.000000973. The molecule has 15 heteroatoms. The summed E-state index contributed by atoms with van der Waals surface area (Å²) in [4.78, 5) is 67.9. The molecule has 0 unspecified atom stereocenters. The Morgan fingerprint density at radius 3 is 2.19 bits per heavy atom. The second-order valence-corrected chi connectivity index (χ2v) is 9.08. The van der Waals surface area contributed by atoms with Crippen LogP contribution in [0.2, 0.25) is 0 Å². The first-order chi connectivity index (χ1) is 20.4. The molecule has 0 fully saturated rings. The van der Waals surface area contributed by atoms with Gasteiger partial charge in [-0.3, -0.25) is 28.8 Å². The summed E-state index contributed by atoms with van der Waals surface area (Å²) in [6.45, 7) is 4.93. The molecule has 2 aromatic carbocycles. The Morgan fingerprint density at radius 2 is 1.60 bits per heavy atom. The first kappa shape index (κ1) is 33.9. The van der Waals surface area contributed by atoms with Crippen molar-refractivity contribution >= 4 is 29.2 Å². The van der Waals surface area contributed by atoms with Gasteiger partial charge in [-0.2, -0.15) is 0 Å². The Hall–Kier alpha value is -5.31. The van der Waals surface area contributed by atoms with Gasteiger partial charge in [-0.1, -0.05) is 37.3 Å². The highest BCUT2D eigenvalue weighted by atomic mass is 16.6. The van der Waals surface area contributed by atoms with E-state index in [1.54, 1.807) is 37.4 Å². The van der Waals surface area contributed by atoms with E-state index in [0.717, 1.165) is 11.1 Å². The SMILES string of the molecule is CCN(CCCOc1ccc(C(=O)c2ccccc2)cc1[N+](=O)[O-])CCNc1cc(=O)n(C)c(=O)n1C.O=C(O)C(=O)O. The lowest BCUT2D eigenvalue weighted by Crippen LogP contribution is -2.38. The van der Waals surface area contributed by atoms with E-state index in [4.69, 9.17) is 24.5 Å². The lowest BCUT2D eigenvalue weighted by molar-refractivity contribution is -0.385. The third-order valence-electron chi connectivity index (χ3n) is 6.22. The minimum Gasteiger partial charge on any atom is -0.487 e. The number of carboxylic acids is 2. The molecule has 0 amide bonds.